The van der Waals surface area contributed by atoms with E-state index in [2.05, 4.69) is 5.10 Å². The minimum atomic E-state index is -0.281. The van der Waals surface area contributed by atoms with Gasteiger partial charge >= 0.3 is 0 Å². The van der Waals surface area contributed by atoms with Crippen molar-refractivity contribution >= 4 is 17.4 Å². The first-order valence-corrected chi connectivity index (χ1v) is 6.39. The first kappa shape index (κ1) is 12.7. The number of rotatable bonds is 2. The molecule has 0 aliphatic carbocycles. The predicted molar refractivity (Wildman–Crippen MR) is 78.4 cm³/mol. The molecule has 5 heteroatoms. The van der Waals surface area contributed by atoms with Gasteiger partial charge < -0.3 is 5.73 Å². The van der Waals surface area contributed by atoms with Crippen LogP contribution in [0.2, 0.25) is 5.02 Å². The van der Waals surface area contributed by atoms with E-state index in [1.165, 1.54) is 12.1 Å². The van der Waals surface area contributed by atoms with Gasteiger partial charge in [0.1, 0.15) is 11.6 Å². The Labute approximate surface area is 120 Å². The van der Waals surface area contributed by atoms with Crippen molar-refractivity contribution in [1.82, 2.24) is 9.78 Å². The summed E-state index contributed by atoms with van der Waals surface area (Å²) in [6, 6.07) is 15.1. The van der Waals surface area contributed by atoms with Gasteiger partial charge in [-0.1, -0.05) is 17.7 Å². The van der Waals surface area contributed by atoms with Gasteiger partial charge in [-0.15, -0.1) is 0 Å². The second-order valence-corrected chi connectivity index (χ2v) is 4.79. The van der Waals surface area contributed by atoms with Gasteiger partial charge in [0.25, 0.3) is 0 Å². The van der Waals surface area contributed by atoms with E-state index in [1.54, 1.807) is 35.0 Å². The molecule has 3 aromatic rings. The van der Waals surface area contributed by atoms with Crippen LogP contribution in [-0.2, 0) is 0 Å². The molecule has 0 amide bonds. The molecule has 100 valence electrons. The third-order valence-corrected chi connectivity index (χ3v) is 3.16. The van der Waals surface area contributed by atoms with E-state index >= 15 is 0 Å². The molecule has 0 saturated carbocycles. The first-order chi connectivity index (χ1) is 9.63. The molecule has 20 heavy (non-hydrogen) atoms. The molecule has 0 fully saturated rings. The number of hydrogen-bond acceptors (Lipinski definition) is 2. The molecule has 1 aromatic heterocycles. The zero-order valence-corrected chi connectivity index (χ0v) is 11.2. The monoisotopic (exact) mass is 287 g/mol. The van der Waals surface area contributed by atoms with Crippen molar-refractivity contribution in [2.75, 3.05) is 5.73 Å². The molecule has 0 aliphatic rings. The van der Waals surface area contributed by atoms with Crippen LogP contribution in [0.5, 0.6) is 0 Å². The zero-order chi connectivity index (χ0) is 14.1. The van der Waals surface area contributed by atoms with Gasteiger partial charge in [0.2, 0.25) is 0 Å². The number of nitrogens with zero attached hydrogens (tertiary/aromatic N) is 2. The van der Waals surface area contributed by atoms with Crippen molar-refractivity contribution in [3.05, 3.63) is 65.4 Å². The van der Waals surface area contributed by atoms with Gasteiger partial charge in [-0.2, -0.15) is 5.10 Å². The van der Waals surface area contributed by atoms with Crippen molar-refractivity contribution in [2.24, 2.45) is 0 Å². The molecule has 0 atom stereocenters. The summed E-state index contributed by atoms with van der Waals surface area (Å²) in [6.45, 7) is 0. The molecular weight excluding hydrogens is 277 g/mol. The quantitative estimate of drug-likeness (QED) is 0.776. The molecule has 1 heterocycles. The molecule has 2 aromatic carbocycles. The van der Waals surface area contributed by atoms with Crippen LogP contribution in [0.1, 0.15) is 0 Å². The molecule has 0 unspecified atom stereocenters. The fourth-order valence-electron chi connectivity index (χ4n) is 1.97. The van der Waals surface area contributed by atoms with Crippen LogP contribution in [0.15, 0.2) is 54.6 Å². The lowest BCUT2D eigenvalue weighted by molar-refractivity contribution is 0.628. The van der Waals surface area contributed by atoms with Crippen molar-refractivity contribution < 1.29 is 4.39 Å². The highest BCUT2D eigenvalue weighted by Crippen LogP contribution is 2.24. The molecule has 3 rings (SSSR count). The van der Waals surface area contributed by atoms with E-state index in [9.17, 15) is 4.39 Å². The molecule has 0 spiro atoms. The molecule has 2 N–H and O–H groups in total. The van der Waals surface area contributed by atoms with Gasteiger partial charge in [-0.05, 0) is 42.5 Å². The lowest BCUT2D eigenvalue weighted by atomic mass is 10.1. The number of benzene rings is 2. The summed E-state index contributed by atoms with van der Waals surface area (Å²) >= 11 is 5.96. The molecule has 0 radical (unpaired) electrons. The Hall–Kier alpha value is -2.33. The summed E-state index contributed by atoms with van der Waals surface area (Å²) in [5, 5.41) is 5.04. The number of hydrogen-bond donors (Lipinski definition) is 1. The number of halogens is 2. The highest BCUT2D eigenvalue weighted by atomic mass is 35.5. The third kappa shape index (κ3) is 2.38. The van der Waals surface area contributed by atoms with Crippen LogP contribution in [0.3, 0.4) is 0 Å². The first-order valence-electron chi connectivity index (χ1n) is 6.01. The van der Waals surface area contributed by atoms with Crippen LogP contribution < -0.4 is 5.73 Å². The molecule has 0 bridgehead atoms. The van der Waals surface area contributed by atoms with Crippen LogP contribution in [0, 0.1) is 5.82 Å². The highest BCUT2D eigenvalue weighted by molar-refractivity contribution is 6.30. The lowest BCUT2D eigenvalue weighted by Gasteiger charge is -2.03. The lowest BCUT2D eigenvalue weighted by Crippen LogP contribution is -2.01. The maximum absolute atomic E-state index is 12.9. The normalized spacial score (nSPS) is 10.7. The van der Waals surface area contributed by atoms with Gasteiger partial charge in [0, 0.05) is 16.7 Å². The van der Waals surface area contributed by atoms with Crippen LogP contribution in [-0.4, -0.2) is 9.78 Å². The molecular formula is C15H11ClFN3. The SMILES string of the molecule is Nc1cc(-c2ccc(F)cc2)nn1-c1cccc(Cl)c1. The maximum Gasteiger partial charge on any atom is 0.127 e. The summed E-state index contributed by atoms with van der Waals surface area (Å²) < 4.78 is 14.5. The number of nitrogen functional groups attached to an aromatic ring is 1. The van der Waals surface area contributed by atoms with Crippen molar-refractivity contribution in [1.29, 1.82) is 0 Å². The number of nitrogens with two attached hydrogens (primary N) is 1. The van der Waals surface area contributed by atoms with Gasteiger partial charge in [-0.3, -0.25) is 0 Å². The Balaban J connectivity index is 2.05. The molecule has 3 nitrogen and oxygen atoms in total. The fourth-order valence-corrected chi connectivity index (χ4v) is 2.16. The average molecular weight is 288 g/mol. The second kappa shape index (κ2) is 4.98. The van der Waals surface area contributed by atoms with Crippen molar-refractivity contribution in [3.63, 3.8) is 0 Å². The van der Waals surface area contributed by atoms with Gasteiger partial charge in [-0.25, -0.2) is 9.07 Å². The summed E-state index contributed by atoms with van der Waals surface area (Å²) in [4.78, 5) is 0. The second-order valence-electron chi connectivity index (χ2n) is 4.35. The standard InChI is InChI=1S/C15H11ClFN3/c16-11-2-1-3-13(8-11)20-15(18)9-14(19-20)10-4-6-12(17)7-5-10/h1-9H,18H2. The summed E-state index contributed by atoms with van der Waals surface area (Å²) in [7, 11) is 0. The Morgan fingerprint density at radius 2 is 1.80 bits per heavy atom. The van der Waals surface area contributed by atoms with E-state index in [1.807, 2.05) is 12.1 Å². The van der Waals surface area contributed by atoms with Crippen LogP contribution >= 0.6 is 11.6 Å². The highest BCUT2D eigenvalue weighted by Gasteiger charge is 2.09. The third-order valence-electron chi connectivity index (χ3n) is 2.93. The Bertz CT molecular complexity index is 750. The Morgan fingerprint density at radius 1 is 1.05 bits per heavy atom. The Kier molecular flexibility index (Phi) is 3.16. The van der Waals surface area contributed by atoms with Gasteiger partial charge in [0.05, 0.1) is 11.4 Å². The number of aromatic nitrogens is 2. The van der Waals surface area contributed by atoms with Crippen molar-refractivity contribution in [3.8, 4) is 16.9 Å². The van der Waals surface area contributed by atoms with E-state index in [4.69, 9.17) is 17.3 Å². The van der Waals surface area contributed by atoms with Crippen molar-refractivity contribution in [2.45, 2.75) is 0 Å². The Morgan fingerprint density at radius 3 is 2.50 bits per heavy atom. The summed E-state index contributed by atoms with van der Waals surface area (Å²) in [5.41, 5.74) is 8.24. The average Bonchev–Trinajstić information content (AvgIpc) is 2.82. The summed E-state index contributed by atoms with van der Waals surface area (Å²) in [6.07, 6.45) is 0. The van der Waals surface area contributed by atoms with E-state index in [-0.39, 0.29) is 5.82 Å². The van der Waals surface area contributed by atoms with E-state index in [0.29, 0.717) is 16.5 Å². The minimum absolute atomic E-state index is 0.281. The summed E-state index contributed by atoms with van der Waals surface area (Å²) in [5.74, 6) is 0.211. The topological polar surface area (TPSA) is 43.8 Å². The predicted octanol–water partition coefficient (Wildman–Crippen LogP) is 3.91. The van der Waals surface area contributed by atoms with Gasteiger partial charge in [0.15, 0.2) is 0 Å². The smallest absolute Gasteiger partial charge is 0.127 e. The van der Waals surface area contributed by atoms with E-state index < -0.39 is 0 Å². The number of anilines is 1. The van der Waals surface area contributed by atoms with Crippen LogP contribution in [0.4, 0.5) is 10.2 Å². The fraction of sp³-hybridized carbons (Fsp3) is 0. The molecule has 0 saturated heterocycles. The minimum Gasteiger partial charge on any atom is -0.384 e. The zero-order valence-electron chi connectivity index (χ0n) is 10.4. The molecule has 0 aliphatic heterocycles. The van der Waals surface area contributed by atoms with Crippen LogP contribution in [0.25, 0.3) is 16.9 Å². The maximum atomic E-state index is 12.9. The van der Waals surface area contributed by atoms with E-state index in [0.717, 1.165) is 11.3 Å². The largest absolute Gasteiger partial charge is 0.384 e.